The number of ether oxygens (including phenoxy) is 1. The number of amides is 2. The van der Waals surface area contributed by atoms with Crippen LogP contribution in [-0.2, 0) is 6.61 Å². The Bertz CT molecular complexity index is 939. The average molecular weight is 374 g/mol. The number of nitrogens with one attached hydrogen (secondary N) is 1. The van der Waals surface area contributed by atoms with Crippen LogP contribution in [0.2, 0.25) is 0 Å². The van der Waals surface area contributed by atoms with Gasteiger partial charge in [0.05, 0.1) is 6.04 Å². The maximum atomic E-state index is 12.1. The van der Waals surface area contributed by atoms with Crippen molar-refractivity contribution in [1.29, 1.82) is 0 Å². The van der Waals surface area contributed by atoms with E-state index in [0.717, 1.165) is 16.7 Å². The number of nitrogens with two attached hydrogens (primary N) is 2. The molecule has 0 heterocycles. The second kappa shape index (κ2) is 9.23. The number of aliphatic imine (C=N–C) groups is 1. The van der Waals surface area contributed by atoms with E-state index in [-0.39, 0.29) is 5.96 Å². The predicted molar refractivity (Wildman–Crippen MR) is 110 cm³/mol. The standard InChI is InChI=1S/C22H22N4O2/c23-21(24)26-22(27)25-20(17-10-5-2-6-11-17)18-12-7-13-19(14-18)28-15-16-8-3-1-4-9-16/h1-14,20H,15H2,(H5,23,24,25,26,27). The van der Waals surface area contributed by atoms with Crippen molar-refractivity contribution in [3.8, 4) is 5.75 Å². The number of hydrogen-bond acceptors (Lipinski definition) is 2. The first-order chi connectivity index (χ1) is 13.6. The molecule has 28 heavy (non-hydrogen) atoms. The normalized spacial score (nSPS) is 11.3. The Kier molecular flexibility index (Phi) is 6.25. The molecule has 6 heteroatoms. The fourth-order valence-electron chi connectivity index (χ4n) is 2.80. The summed E-state index contributed by atoms with van der Waals surface area (Å²) in [6.07, 6.45) is 0. The molecule has 5 N–H and O–H groups in total. The quantitative estimate of drug-likeness (QED) is 0.455. The first-order valence-corrected chi connectivity index (χ1v) is 8.83. The van der Waals surface area contributed by atoms with E-state index in [2.05, 4.69) is 10.3 Å². The van der Waals surface area contributed by atoms with Crippen LogP contribution in [0.4, 0.5) is 4.79 Å². The van der Waals surface area contributed by atoms with Gasteiger partial charge in [-0.25, -0.2) is 4.79 Å². The largest absolute Gasteiger partial charge is 0.489 e. The Morgan fingerprint density at radius 1 is 0.893 bits per heavy atom. The third-order valence-electron chi connectivity index (χ3n) is 4.07. The Hall–Kier alpha value is -3.80. The Balaban J connectivity index is 1.83. The van der Waals surface area contributed by atoms with E-state index in [9.17, 15) is 4.79 Å². The van der Waals surface area contributed by atoms with Crippen molar-refractivity contribution in [2.45, 2.75) is 12.6 Å². The second-order valence-electron chi connectivity index (χ2n) is 6.18. The van der Waals surface area contributed by atoms with Gasteiger partial charge in [0, 0.05) is 0 Å². The Labute approximate surface area is 163 Å². The summed E-state index contributed by atoms with van der Waals surface area (Å²) in [6.45, 7) is 0.459. The van der Waals surface area contributed by atoms with E-state index in [0.29, 0.717) is 12.4 Å². The van der Waals surface area contributed by atoms with Gasteiger partial charge >= 0.3 is 6.03 Å². The van der Waals surface area contributed by atoms with Gasteiger partial charge in [-0.05, 0) is 28.8 Å². The molecule has 0 spiro atoms. The first kappa shape index (κ1) is 19.0. The van der Waals surface area contributed by atoms with Crippen molar-refractivity contribution in [2.24, 2.45) is 16.5 Å². The predicted octanol–water partition coefficient (Wildman–Crippen LogP) is 3.34. The van der Waals surface area contributed by atoms with Crippen molar-refractivity contribution in [1.82, 2.24) is 5.32 Å². The van der Waals surface area contributed by atoms with Crippen LogP contribution in [0.1, 0.15) is 22.7 Å². The lowest BCUT2D eigenvalue weighted by molar-refractivity contribution is 0.247. The highest BCUT2D eigenvalue weighted by Gasteiger charge is 2.17. The number of rotatable bonds is 6. The molecule has 3 aromatic carbocycles. The van der Waals surface area contributed by atoms with E-state index in [4.69, 9.17) is 16.2 Å². The van der Waals surface area contributed by atoms with Gasteiger partial charge in [-0.15, -0.1) is 0 Å². The van der Waals surface area contributed by atoms with E-state index < -0.39 is 12.1 Å². The molecular weight excluding hydrogens is 352 g/mol. The number of carbonyl (C=O) groups is 1. The zero-order chi connectivity index (χ0) is 19.8. The zero-order valence-corrected chi connectivity index (χ0v) is 15.3. The molecule has 6 nitrogen and oxygen atoms in total. The molecule has 0 saturated heterocycles. The highest BCUT2D eigenvalue weighted by atomic mass is 16.5. The molecule has 142 valence electrons. The monoisotopic (exact) mass is 374 g/mol. The lowest BCUT2D eigenvalue weighted by atomic mass is 9.98. The number of urea groups is 1. The summed E-state index contributed by atoms with van der Waals surface area (Å²) in [5, 5.41) is 2.84. The molecule has 3 rings (SSSR count). The lowest BCUT2D eigenvalue weighted by Gasteiger charge is -2.19. The third kappa shape index (κ3) is 5.35. The van der Waals surface area contributed by atoms with Gasteiger partial charge in [0.2, 0.25) is 0 Å². The van der Waals surface area contributed by atoms with Crippen molar-refractivity contribution in [3.05, 3.63) is 102 Å². The molecule has 0 saturated carbocycles. The molecule has 0 aromatic heterocycles. The van der Waals surface area contributed by atoms with E-state index in [1.54, 1.807) is 0 Å². The van der Waals surface area contributed by atoms with Crippen LogP contribution in [0.5, 0.6) is 5.75 Å². The van der Waals surface area contributed by atoms with Gasteiger partial charge in [0.25, 0.3) is 0 Å². The van der Waals surface area contributed by atoms with E-state index in [1.807, 2.05) is 84.9 Å². The number of benzene rings is 3. The minimum Gasteiger partial charge on any atom is -0.489 e. The maximum Gasteiger partial charge on any atom is 0.344 e. The molecular formula is C22H22N4O2. The summed E-state index contributed by atoms with van der Waals surface area (Å²) >= 11 is 0. The van der Waals surface area contributed by atoms with Crippen molar-refractivity contribution in [3.63, 3.8) is 0 Å². The zero-order valence-electron chi connectivity index (χ0n) is 15.3. The maximum absolute atomic E-state index is 12.1. The van der Waals surface area contributed by atoms with Gasteiger partial charge in [-0.3, -0.25) is 0 Å². The molecule has 1 atom stereocenters. The summed E-state index contributed by atoms with van der Waals surface area (Å²) in [7, 11) is 0. The van der Waals surface area contributed by atoms with Gasteiger partial charge < -0.3 is 21.5 Å². The summed E-state index contributed by atoms with van der Waals surface area (Å²) in [5.74, 6) is 0.419. The van der Waals surface area contributed by atoms with Crippen LogP contribution in [0.15, 0.2) is 89.9 Å². The van der Waals surface area contributed by atoms with Gasteiger partial charge in [0.1, 0.15) is 12.4 Å². The van der Waals surface area contributed by atoms with E-state index in [1.165, 1.54) is 0 Å². The summed E-state index contributed by atoms with van der Waals surface area (Å²) < 4.78 is 5.91. The number of guanidine groups is 1. The topological polar surface area (TPSA) is 103 Å². The smallest absolute Gasteiger partial charge is 0.344 e. The third-order valence-corrected chi connectivity index (χ3v) is 4.07. The molecule has 0 fully saturated rings. The minimum absolute atomic E-state index is 0.288. The van der Waals surface area contributed by atoms with Crippen LogP contribution >= 0.6 is 0 Å². The fraction of sp³-hybridized carbons (Fsp3) is 0.0909. The Morgan fingerprint density at radius 2 is 1.54 bits per heavy atom. The lowest BCUT2D eigenvalue weighted by Crippen LogP contribution is -2.31. The van der Waals surface area contributed by atoms with Crippen molar-refractivity contribution < 1.29 is 9.53 Å². The fourth-order valence-corrected chi connectivity index (χ4v) is 2.80. The summed E-state index contributed by atoms with van der Waals surface area (Å²) in [5.41, 5.74) is 13.5. The van der Waals surface area contributed by atoms with Crippen LogP contribution in [0.3, 0.4) is 0 Å². The summed E-state index contributed by atoms with van der Waals surface area (Å²) in [6, 6.07) is 26.1. The van der Waals surface area contributed by atoms with Crippen molar-refractivity contribution >= 4 is 12.0 Å². The SMILES string of the molecule is NC(N)=NC(=O)NC(c1ccccc1)c1cccc(OCc2ccccc2)c1. The highest BCUT2D eigenvalue weighted by Crippen LogP contribution is 2.26. The van der Waals surface area contributed by atoms with Crippen LogP contribution < -0.4 is 21.5 Å². The van der Waals surface area contributed by atoms with Crippen molar-refractivity contribution in [2.75, 3.05) is 0 Å². The number of nitrogens with zero attached hydrogens (tertiary/aromatic N) is 1. The van der Waals surface area contributed by atoms with Crippen LogP contribution in [0.25, 0.3) is 0 Å². The molecule has 0 aliphatic carbocycles. The van der Waals surface area contributed by atoms with Gasteiger partial charge in [0.15, 0.2) is 5.96 Å². The second-order valence-corrected chi connectivity index (χ2v) is 6.18. The number of hydrogen-bond donors (Lipinski definition) is 3. The van der Waals surface area contributed by atoms with E-state index >= 15 is 0 Å². The molecule has 3 aromatic rings. The molecule has 0 aliphatic rings. The van der Waals surface area contributed by atoms with Crippen LogP contribution in [0, 0.1) is 0 Å². The van der Waals surface area contributed by atoms with Gasteiger partial charge in [-0.1, -0.05) is 72.8 Å². The summed E-state index contributed by atoms with van der Waals surface area (Å²) in [4.78, 5) is 15.7. The molecule has 0 bridgehead atoms. The molecule has 0 aliphatic heterocycles. The average Bonchev–Trinajstić information content (AvgIpc) is 2.72. The number of carbonyl (C=O) groups excluding carboxylic acids is 1. The molecule has 2 amide bonds. The van der Waals surface area contributed by atoms with Gasteiger partial charge in [-0.2, -0.15) is 4.99 Å². The highest BCUT2D eigenvalue weighted by molar-refractivity contribution is 5.90. The minimum atomic E-state index is -0.607. The molecule has 0 radical (unpaired) electrons. The first-order valence-electron chi connectivity index (χ1n) is 8.83. The van der Waals surface area contributed by atoms with Crippen LogP contribution in [-0.4, -0.2) is 12.0 Å². The molecule has 1 unspecified atom stereocenters. The Morgan fingerprint density at radius 3 is 2.21 bits per heavy atom.